The van der Waals surface area contributed by atoms with E-state index in [9.17, 15) is 26.8 Å². The van der Waals surface area contributed by atoms with Gasteiger partial charge in [-0.2, -0.15) is 8.78 Å². The highest BCUT2D eigenvalue weighted by Gasteiger charge is 2.26. The Hall–Kier alpha value is -2.03. The molecule has 6 nitrogen and oxygen atoms in total. The van der Waals surface area contributed by atoms with Crippen molar-refractivity contribution in [2.24, 2.45) is 0 Å². The van der Waals surface area contributed by atoms with Gasteiger partial charge < -0.3 is 10.1 Å². The topological polar surface area (TPSA) is 89.5 Å². The molecule has 21 heavy (non-hydrogen) atoms. The number of halogens is 2. The molecule has 1 aromatic carbocycles. The van der Waals surface area contributed by atoms with E-state index in [0.717, 1.165) is 24.3 Å². The Morgan fingerprint density at radius 2 is 1.81 bits per heavy atom. The highest BCUT2D eigenvalue weighted by Crippen LogP contribution is 2.18. The first-order valence-corrected chi connectivity index (χ1v) is 7.39. The van der Waals surface area contributed by atoms with E-state index in [4.69, 9.17) is 0 Å². The summed E-state index contributed by atoms with van der Waals surface area (Å²) >= 11 is 0. The Balaban J connectivity index is 2.75. The average Bonchev–Trinajstić information content (AvgIpc) is 2.45. The van der Waals surface area contributed by atoms with Crippen molar-refractivity contribution in [2.75, 3.05) is 13.2 Å². The van der Waals surface area contributed by atoms with E-state index in [1.807, 2.05) is 0 Å². The SMILES string of the molecule is CCNC(=O)COC(=O)c1ccc(S(=O)(=O)C(F)F)cc1. The van der Waals surface area contributed by atoms with Crippen LogP contribution >= 0.6 is 0 Å². The molecule has 0 radical (unpaired) electrons. The summed E-state index contributed by atoms with van der Waals surface area (Å²) in [6.45, 7) is 1.60. The molecule has 116 valence electrons. The lowest BCUT2D eigenvalue weighted by Crippen LogP contribution is -2.28. The predicted octanol–water partition coefficient (Wildman–Crippen LogP) is 0.976. The van der Waals surface area contributed by atoms with Gasteiger partial charge in [0.15, 0.2) is 6.61 Å². The Morgan fingerprint density at radius 1 is 1.24 bits per heavy atom. The highest BCUT2D eigenvalue weighted by atomic mass is 32.2. The van der Waals surface area contributed by atoms with Crippen LogP contribution in [0.1, 0.15) is 17.3 Å². The molecule has 0 aliphatic rings. The second-order valence-corrected chi connectivity index (χ2v) is 5.78. The molecule has 9 heteroatoms. The molecule has 0 spiro atoms. The highest BCUT2D eigenvalue weighted by molar-refractivity contribution is 7.91. The molecule has 0 heterocycles. The van der Waals surface area contributed by atoms with Gasteiger partial charge in [-0.1, -0.05) is 0 Å². The third-order valence-corrected chi connectivity index (χ3v) is 3.76. The van der Waals surface area contributed by atoms with Gasteiger partial charge in [0.2, 0.25) is 9.84 Å². The van der Waals surface area contributed by atoms with Gasteiger partial charge >= 0.3 is 11.7 Å². The van der Waals surface area contributed by atoms with Crippen molar-refractivity contribution in [3.8, 4) is 0 Å². The monoisotopic (exact) mass is 321 g/mol. The van der Waals surface area contributed by atoms with Crippen LogP contribution in [-0.4, -0.2) is 39.2 Å². The van der Waals surface area contributed by atoms with Crippen molar-refractivity contribution in [1.29, 1.82) is 0 Å². The van der Waals surface area contributed by atoms with E-state index in [-0.39, 0.29) is 5.56 Å². The maximum Gasteiger partial charge on any atom is 0.341 e. The molecule has 1 aromatic rings. The van der Waals surface area contributed by atoms with Crippen molar-refractivity contribution in [3.63, 3.8) is 0 Å². The van der Waals surface area contributed by atoms with Crippen molar-refractivity contribution in [3.05, 3.63) is 29.8 Å². The average molecular weight is 321 g/mol. The number of rotatable bonds is 6. The molecule has 0 aliphatic heterocycles. The van der Waals surface area contributed by atoms with Crippen LogP contribution in [0, 0.1) is 0 Å². The maximum absolute atomic E-state index is 12.3. The molecule has 1 N–H and O–H groups in total. The Labute approximate surface area is 120 Å². The first-order chi connectivity index (χ1) is 9.78. The number of ether oxygens (including phenoxy) is 1. The van der Waals surface area contributed by atoms with Crippen LogP contribution in [0.15, 0.2) is 29.2 Å². The molecular weight excluding hydrogens is 308 g/mol. The number of likely N-dealkylation sites (N-methyl/N-ethyl adjacent to an activating group) is 1. The molecule has 0 bridgehead atoms. The second kappa shape index (κ2) is 7.11. The number of esters is 1. The number of nitrogens with one attached hydrogen (secondary N) is 1. The molecule has 0 aromatic heterocycles. The predicted molar refractivity (Wildman–Crippen MR) is 68.6 cm³/mol. The van der Waals surface area contributed by atoms with Gasteiger partial charge in [-0.05, 0) is 31.2 Å². The zero-order valence-corrected chi connectivity index (χ0v) is 11.8. The Bertz CT molecular complexity index is 613. The number of benzene rings is 1. The van der Waals surface area contributed by atoms with Crippen LogP contribution in [0.25, 0.3) is 0 Å². The summed E-state index contributed by atoms with van der Waals surface area (Å²) in [5, 5.41) is 2.42. The smallest absolute Gasteiger partial charge is 0.341 e. The van der Waals surface area contributed by atoms with E-state index in [1.165, 1.54) is 0 Å². The van der Waals surface area contributed by atoms with Crippen molar-refractivity contribution in [2.45, 2.75) is 17.6 Å². The van der Waals surface area contributed by atoms with Crippen LogP contribution in [0.4, 0.5) is 8.78 Å². The van der Waals surface area contributed by atoms with Gasteiger partial charge in [0, 0.05) is 6.54 Å². The first kappa shape index (κ1) is 17.0. The molecule has 0 atom stereocenters. The van der Waals surface area contributed by atoms with Crippen LogP contribution in [0.3, 0.4) is 0 Å². The van der Waals surface area contributed by atoms with Gasteiger partial charge in [-0.25, -0.2) is 13.2 Å². The Morgan fingerprint density at radius 3 is 2.29 bits per heavy atom. The van der Waals surface area contributed by atoms with E-state index in [2.05, 4.69) is 10.1 Å². The fourth-order valence-corrected chi connectivity index (χ4v) is 2.07. The third kappa shape index (κ3) is 4.48. The van der Waals surface area contributed by atoms with E-state index in [1.54, 1.807) is 6.92 Å². The number of carbonyl (C=O) groups excluding carboxylic acids is 2. The largest absolute Gasteiger partial charge is 0.452 e. The quantitative estimate of drug-likeness (QED) is 0.789. The minimum Gasteiger partial charge on any atom is -0.452 e. The lowest BCUT2D eigenvalue weighted by atomic mass is 10.2. The number of sulfone groups is 1. The number of hydrogen-bond donors (Lipinski definition) is 1. The molecule has 0 saturated heterocycles. The first-order valence-electron chi connectivity index (χ1n) is 5.85. The molecular formula is C12H13F2NO5S. The minimum absolute atomic E-state index is 0.0486. The zero-order valence-electron chi connectivity index (χ0n) is 11.0. The van der Waals surface area contributed by atoms with E-state index < -0.39 is 39.0 Å². The molecule has 1 rings (SSSR count). The maximum atomic E-state index is 12.3. The third-order valence-electron chi connectivity index (χ3n) is 2.36. The normalized spacial score (nSPS) is 11.2. The minimum atomic E-state index is -4.70. The van der Waals surface area contributed by atoms with Gasteiger partial charge in [0.1, 0.15) is 0 Å². The number of amides is 1. The van der Waals surface area contributed by atoms with Crippen LogP contribution in [0.2, 0.25) is 0 Å². The number of hydrogen-bond acceptors (Lipinski definition) is 5. The second-order valence-electron chi connectivity index (χ2n) is 3.86. The molecule has 0 aliphatic carbocycles. The fourth-order valence-electron chi connectivity index (χ4n) is 1.35. The van der Waals surface area contributed by atoms with E-state index >= 15 is 0 Å². The molecule has 1 amide bonds. The summed E-state index contributed by atoms with van der Waals surface area (Å²) in [6.07, 6.45) is 0. The molecule has 0 fully saturated rings. The summed E-state index contributed by atoms with van der Waals surface area (Å²) in [7, 11) is -4.70. The van der Waals surface area contributed by atoms with Gasteiger partial charge in [0.05, 0.1) is 10.5 Å². The van der Waals surface area contributed by atoms with Crippen molar-refractivity contribution < 1.29 is 31.5 Å². The Kier molecular flexibility index (Phi) is 5.77. The molecule has 0 saturated carbocycles. The standard InChI is InChI=1S/C12H13F2NO5S/c1-2-15-10(16)7-20-11(17)8-3-5-9(6-4-8)21(18,19)12(13)14/h3-6,12H,2,7H2,1H3,(H,15,16). The number of carbonyl (C=O) groups is 2. The van der Waals surface area contributed by atoms with Crippen molar-refractivity contribution >= 4 is 21.7 Å². The van der Waals surface area contributed by atoms with Gasteiger partial charge in [-0.15, -0.1) is 0 Å². The summed E-state index contributed by atoms with van der Waals surface area (Å²) in [6, 6.07) is 3.83. The summed E-state index contributed by atoms with van der Waals surface area (Å²) in [4.78, 5) is 22.0. The zero-order chi connectivity index (χ0) is 16.0. The summed E-state index contributed by atoms with van der Waals surface area (Å²) in [5.41, 5.74) is -0.0486. The van der Waals surface area contributed by atoms with Gasteiger partial charge in [0.25, 0.3) is 5.91 Å². The van der Waals surface area contributed by atoms with Crippen LogP contribution in [-0.2, 0) is 19.4 Å². The van der Waals surface area contributed by atoms with Gasteiger partial charge in [-0.3, -0.25) is 4.79 Å². The number of alkyl halides is 2. The van der Waals surface area contributed by atoms with Crippen molar-refractivity contribution in [1.82, 2.24) is 5.32 Å². The summed E-state index contributed by atoms with van der Waals surface area (Å²) in [5.74, 6) is -4.88. The lowest BCUT2D eigenvalue weighted by molar-refractivity contribution is -0.124. The molecule has 0 unspecified atom stereocenters. The summed E-state index contributed by atoms with van der Waals surface area (Å²) < 4.78 is 51.7. The van der Waals surface area contributed by atoms with E-state index in [0.29, 0.717) is 6.54 Å². The van der Waals surface area contributed by atoms with Crippen LogP contribution in [0.5, 0.6) is 0 Å². The fraction of sp³-hybridized carbons (Fsp3) is 0.333. The lowest BCUT2D eigenvalue weighted by Gasteiger charge is -2.06. The van der Waals surface area contributed by atoms with Crippen LogP contribution < -0.4 is 5.32 Å².